The van der Waals surface area contributed by atoms with Crippen molar-refractivity contribution in [2.45, 2.75) is 31.4 Å². The fraction of sp³-hybridized carbons (Fsp3) is 0.227. The lowest BCUT2D eigenvalue weighted by Gasteiger charge is -2.32. The van der Waals surface area contributed by atoms with Crippen LogP contribution in [0.2, 0.25) is 0 Å². The number of hydrogen-bond donors (Lipinski definition) is 2. The van der Waals surface area contributed by atoms with Crippen LogP contribution in [0.3, 0.4) is 0 Å². The number of nitrogens with zero attached hydrogens (tertiary/aromatic N) is 3. The smallest absolute Gasteiger partial charge is 0.270 e. The number of thiophene rings is 1. The lowest BCUT2D eigenvalue weighted by molar-refractivity contribution is 0.0446. The van der Waals surface area contributed by atoms with Gasteiger partial charge < -0.3 is 10.4 Å². The second-order valence-corrected chi connectivity index (χ2v) is 8.24. The highest BCUT2D eigenvalue weighted by Crippen LogP contribution is 2.27. The van der Waals surface area contributed by atoms with Gasteiger partial charge in [0.2, 0.25) is 0 Å². The molecular weight excluding hydrogens is 384 g/mol. The molecule has 1 amide bonds. The summed E-state index contributed by atoms with van der Waals surface area (Å²) in [6, 6.07) is 13.8. The highest BCUT2D eigenvalue weighted by molar-refractivity contribution is 7.17. The van der Waals surface area contributed by atoms with E-state index in [0.717, 1.165) is 39.9 Å². The minimum Gasteiger partial charge on any atom is -0.391 e. The first-order chi connectivity index (χ1) is 14.2. The molecule has 1 aliphatic carbocycles. The number of benzene rings is 1. The van der Waals surface area contributed by atoms with E-state index in [1.165, 1.54) is 0 Å². The quantitative estimate of drug-likeness (QED) is 0.535. The zero-order valence-electron chi connectivity index (χ0n) is 15.7. The Labute approximate surface area is 171 Å². The van der Waals surface area contributed by atoms with E-state index in [1.807, 2.05) is 46.6 Å². The van der Waals surface area contributed by atoms with Gasteiger partial charge in [0.25, 0.3) is 5.91 Å². The monoisotopic (exact) mass is 404 g/mol. The Balaban J connectivity index is 1.41. The summed E-state index contributed by atoms with van der Waals surface area (Å²) in [5.41, 5.74) is 4.48. The Bertz CT molecular complexity index is 1150. The summed E-state index contributed by atoms with van der Waals surface area (Å²) >= 11 is 1.64. The van der Waals surface area contributed by atoms with Crippen molar-refractivity contribution in [2.24, 2.45) is 0 Å². The third-order valence-corrected chi connectivity index (χ3v) is 6.35. The maximum atomic E-state index is 12.6. The standard InChI is InChI=1S/C22H20N4O2S/c27-20-7-6-17(20)25-22(28)19-13-15(21-18(24-19)8-11-29-21)12-14-2-4-16(5-3-14)26-10-1-9-23-26/h1-5,8-11,13,17,20,27H,6-7,12H2,(H,25,28)/t17-,20-/m1/s1. The summed E-state index contributed by atoms with van der Waals surface area (Å²) < 4.78 is 2.92. The number of rotatable bonds is 5. The van der Waals surface area contributed by atoms with Crippen LogP contribution >= 0.6 is 11.3 Å². The Hall–Kier alpha value is -3.03. The molecule has 2 atom stereocenters. The molecule has 5 rings (SSSR count). The van der Waals surface area contributed by atoms with Crippen molar-refractivity contribution in [3.05, 3.63) is 77.1 Å². The molecule has 4 aromatic rings. The van der Waals surface area contributed by atoms with Gasteiger partial charge in [-0.1, -0.05) is 12.1 Å². The van der Waals surface area contributed by atoms with Crippen LogP contribution in [0.25, 0.3) is 15.9 Å². The number of carbonyl (C=O) groups excluding carboxylic acids is 1. The molecule has 0 saturated heterocycles. The SMILES string of the molecule is O=C(N[C@@H]1CC[C@H]1O)c1cc(Cc2ccc(-n3cccn3)cc2)c2sccc2n1. The molecule has 1 aliphatic rings. The maximum Gasteiger partial charge on any atom is 0.270 e. The Morgan fingerprint density at radius 3 is 2.79 bits per heavy atom. The molecule has 1 fully saturated rings. The topological polar surface area (TPSA) is 80.0 Å². The fourth-order valence-corrected chi connectivity index (χ4v) is 4.42. The second kappa shape index (κ2) is 7.42. The van der Waals surface area contributed by atoms with Crippen LogP contribution < -0.4 is 5.32 Å². The number of pyridine rings is 1. The zero-order valence-corrected chi connectivity index (χ0v) is 16.5. The van der Waals surface area contributed by atoms with Crippen LogP contribution in [0.1, 0.15) is 34.5 Å². The average Bonchev–Trinajstić information content (AvgIpc) is 3.43. The van der Waals surface area contributed by atoms with Crippen LogP contribution in [-0.2, 0) is 6.42 Å². The van der Waals surface area contributed by atoms with Gasteiger partial charge in [-0.2, -0.15) is 5.10 Å². The van der Waals surface area contributed by atoms with E-state index < -0.39 is 6.10 Å². The molecule has 6 nitrogen and oxygen atoms in total. The lowest BCUT2D eigenvalue weighted by atomic mass is 9.89. The van der Waals surface area contributed by atoms with Gasteiger partial charge in [0, 0.05) is 12.4 Å². The molecule has 3 heterocycles. The molecule has 0 bridgehead atoms. The van der Waals surface area contributed by atoms with Crippen molar-refractivity contribution in [3.8, 4) is 5.69 Å². The van der Waals surface area contributed by atoms with E-state index >= 15 is 0 Å². The first kappa shape index (κ1) is 18.0. The summed E-state index contributed by atoms with van der Waals surface area (Å²) in [7, 11) is 0. The van der Waals surface area contributed by atoms with Crippen molar-refractivity contribution in [3.63, 3.8) is 0 Å². The largest absolute Gasteiger partial charge is 0.391 e. The predicted molar refractivity (Wildman–Crippen MR) is 112 cm³/mol. The number of aromatic nitrogens is 3. The van der Waals surface area contributed by atoms with Gasteiger partial charge in [-0.25, -0.2) is 9.67 Å². The number of fused-ring (bicyclic) bond motifs is 1. The van der Waals surface area contributed by atoms with Crippen LogP contribution in [0.5, 0.6) is 0 Å². The predicted octanol–water partition coefficient (Wildman–Crippen LogP) is 3.33. The Morgan fingerprint density at radius 1 is 1.24 bits per heavy atom. The maximum absolute atomic E-state index is 12.6. The number of hydrogen-bond acceptors (Lipinski definition) is 5. The third-order valence-electron chi connectivity index (χ3n) is 5.37. The van der Waals surface area contributed by atoms with Crippen molar-refractivity contribution < 1.29 is 9.90 Å². The Morgan fingerprint density at radius 2 is 2.10 bits per heavy atom. The molecule has 1 aromatic carbocycles. The van der Waals surface area contributed by atoms with Crippen molar-refractivity contribution in [2.75, 3.05) is 0 Å². The van der Waals surface area contributed by atoms with Gasteiger partial charge in [0.1, 0.15) is 5.69 Å². The minimum atomic E-state index is -0.448. The van der Waals surface area contributed by atoms with Crippen molar-refractivity contribution >= 4 is 27.5 Å². The van der Waals surface area contributed by atoms with E-state index in [-0.39, 0.29) is 11.9 Å². The number of carbonyl (C=O) groups is 1. The minimum absolute atomic E-state index is 0.166. The molecule has 0 spiro atoms. The van der Waals surface area contributed by atoms with Crippen LogP contribution in [0, 0.1) is 0 Å². The molecular formula is C22H20N4O2S. The van der Waals surface area contributed by atoms with Crippen LogP contribution in [0.15, 0.2) is 60.2 Å². The van der Waals surface area contributed by atoms with Crippen LogP contribution in [-0.4, -0.2) is 37.9 Å². The summed E-state index contributed by atoms with van der Waals surface area (Å²) in [5, 5.41) is 18.9. The summed E-state index contributed by atoms with van der Waals surface area (Å²) in [6.45, 7) is 0. The van der Waals surface area contributed by atoms with E-state index in [9.17, 15) is 9.90 Å². The highest BCUT2D eigenvalue weighted by Gasteiger charge is 2.30. The molecule has 2 N–H and O–H groups in total. The first-order valence-corrected chi connectivity index (χ1v) is 10.5. The van der Waals surface area contributed by atoms with E-state index in [0.29, 0.717) is 12.1 Å². The molecule has 0 aliphatic heterocycles. The van der Waals surface area contributed by atoms with E-state index in [1.54, 1.807) is 17.5 Å². The number of aliphatic hydroxyl groups excluding tert-OH is 1. The molecule has 0 unspecified atom stereocenters. The lowest BCUT2D eigenvalue weighted by Crippen LogP contribution is -2.50. The van der Waals surface area contributed by atoms with Crippen molar-refractivity contribution in [1.82, 2.24) is 20.1 Å². The first-order valence-electron chi connectivity index (χ1n) is 9.62. The molecule has 3 aromatic heterocycles. The number of amides is 1. The summed E-state index contributed by atoms with van der Waals surface area (Å²) in [5.74, 6) is -0.225. The molecule has 7 heteroatoms. The van der Waals surface area contributed by atoms with Gasteiger partial charge in [-0.3, -0.25) is 4.79 Å². The van der Waals surface area contributed by atoms with E-state index in [2.05, 4.69) is 27.5 Å². The molecule has 1 saturated carbocycles. The van der Waals surface area contributed by atoms with Gasteiger partial charge in [0.05, 0.1) is 28.0 Å². The number of aliphatic hydroxyl groups is 1. The molecule has 29 heavy (non-hydrogen) atoms. The average molecular weight is 404 g/mol. The zero-order chi connectivity index (χ0) is 19.8. The molecule has 0 radical (unpaired) electrons. The van der Waals surface area contributed by atoms with Gasteiger partial charge in [-0.05, 0) is 66.1 Å². The normalized spacial score (nSPS) is 18.5. The second-order valence-electron chi connectivity index (χ2n) is 7.32. The van der Waals surface area contributed by atoms with Crippen molar-refractivity contribution in [1.29, 1.82) is 0 Å². The fourth-order valence-electron chi connectivity index (χ4n) is 3.57. The van der Waals surface area contributed by atoms with Gasteiger partial charge in [0.15, 0.2) is 0 Å². The third kappa shape index (κ3) is 3.54. The summed E-state index contributed by atoms with van der Waals surface area (Å²) in [6.07, 6.45) is 5.48. The molecule has 146 valence electrons. The van der Waals surface area contributed by atoms with Gasteiger partial charge >= 0.3 is 0 Å². The Kier molecular flexibility index (Phi) is 4.61. The highest BCUT2D eigenvalue weighted by atomic mass is 32.1. The van der Waals surface area contributed by atoms with E-state index in [4.69, 9.17) is 0 Å². The number of nitrogens with one attached hydrogen (secondary N) is 1. The van der Waals surface area contributed by atoms with Crippen LogP contribution in [0.4, 0.5) is 0 Å². The summed E-state index contributed by atoms with van der Waals surface area (Å²) in [4.78, 5) is 17.2. The van der Waals surface area contributed by atoms with Gasteiger partial charge in [-0.15, -0.1) is 11.3 Å².